The monoisotopic (exact) mass is 350 g/mol. The number of hydrogen-bond donors (Lipinski definition) is 1. The first kappa shape index (κ1) is 17.7. The zero-order valence-corrected chi connectivity index (χ0v) is 15.2. The molecule has 134 valence electrons. The van der Waals surface area contributed by atoms with Crippen LogP contribution in [0, 0.1) is 13.8 Å². The van der Waals surface area contributed by atoms with Gasteiger partial charge in [-0.2, -0.15) is 0 Å². The molecular weight excluding hydrogens is 328 g/mol. The minimum Gasteiger partial charge on any atom is -0.488 e. The average Bonchev–Trinajstić information content (AvgIpc) is 2.98. The van der Waals surface area contributed by atoms with Crippen molar-refractivity contribution in [2.75, 3.05) is 0 Å². The minimum absolute atomic E-state index is 0.0979. The van der Waals surface area contributed by atoms with Gasteiger partial charge in [-0.1, -0.05) is 47.6 Å². The van der Waals surface area contributed by atoms with Gasteiger partial charge >= 0.3 is 0 Å². The predicted molar refractivity (Wildman–Crippen MR) is 99.1 cm³/mol. The van der Waals surface area contributed by atoms with Crippen molar-refractivity contribution in [1.82, 2.24) is 10.5 Å². The van der Waals surface area contributed by atoms with Crippen LogP contribution in [-0.2, 0) is 6.61 Å². The molecule has 0 radical (unpaired) electrons. The molecule has 1 atom stereocenters. The first-order valence-corrected chi connectivity index (χ1v) is 8.55. The van der Waals surface area contributed by atoms with Gasteiger partial charge in [-0.15, -0.1) is 0 Å². The van der Waals surface area contributed by atoms with Gasteiger partial charge in [0.05, 0.1) is 22.9 Å². The van der Waals surface area contributed by atoms with Gasteiger partial charge in [-0.3, -0.25) is 4.79 Å². The van der Waals surface area contributed by atoms with E-state index in [1.807, 2.05) is 63.2 Å². The van der Waals surface area contributed by atoms with E-state index in [-0.39, 0.29) is 11.9 Å². The second-order valence-electron chi connectivity index (χ2n) is 6.19. The number of nitrogens with zero attached hydrogens (tertiary/aromatic N) is 1. The van der Waals surface area contributed by atoms with Gasteiger partial charge in [-0.05, 0) is 38.5 Å². The number of carbonyl (C=O) groups excluding carboxylic acids is 1. The molecule has 26 heavy (non-hydrogen) atoms. The molecule has 2 aromatic carbocycles. The minimum atomic E-state index is -0.171. The highest BCUT2D eigenvalue weighted by Gasteiger charge is 2.17. The Balaban J connectivity index is 1.73. The molecule has 5 heteroatoms. The smallest absolute Gasteiger partial charge is 0.255 e. The largest absolute Gasteiger partial charge is 0.488 e. The molecule has 3 rings (SSSR count). The number of amides is 1. The summed E-state index contributed by atoms with van der Waals surface area (Å²) in [6.07, 6.45) is 0. The van der Waals surface area contributed by atoms with Crippen LogP contribution in [0.3, 0.4) is 0 Å². The molecule has 0 aliphatic rings. The normalized spacial score (nSPS) is 11.8. The first-order valence-electron chi connectivity index (χ1n) is 8.55. The van der Waals surface area contributed by atoms with Gasteiger partial charge < -0.3 is 14.6 Å². The first-order chi connectivity index (χ1) is 12.6. The van der Waals surface area contributed by atoms with Crippen molar-refractivity contribution in [3.8, 4) is 5.75 Å². The van der Waals surface area contributed by atoms with Gasteiger partial charge in [0, 0.05) is 0 Å². The summed E-state index contributed by atoms with van der Waals surface area (Å²) in [5.41, 5.74) is 3.25. The number of aryl methyl sites for hydroxylation is 2. The van der Waals surface area contributed by atoms with Crippen molar-refractivity contribution in [2.24, 2.45) is 0 Å². The van der Waals surface area contributed by atoms with E-state index in [0.717, 1.165) is 22.6 Å². The van der Waals surface area contributed by atoms with Gasteiger partial charge in [0.15, 0.2) is 0 Å². The predicted octanol–water partition coefficient (Wildman–Crippen LogP) is 4.36. The fraction of sp³-hybridized carbons (Fsp3) is 0.238. The van der Waals surface area contributed by atoms with E-state index >= 15 is 0 Å². The summed E-state index contributed by atoms with van der Waals surface area (Å²) in [4.78, 5) is 12.7. The Morgan fingerprint density at radius 1 is 1.12 bits per heavy atom. The van der Waals surface area contributed by atoms with Crippen molar-refractivity contribution < 1.29 is 14.1 Å². The van der Waals surface area contributed by atoms with Gasteiger partial charge in [0.1, 0.15) is 18.1 Å². The highest BCUT2D eigenvalue weighted by molar-refractivity contribution is 5.97. The molecule has 0 saturated heterocycles. The Bertz CT molecular complexity index is 868. The Labute approximate surface area is 153 Å². The van der Waals surface area contributed by atoms with E-state index in [1.54, 1.807) is 12.1 Å². The standard InChI is InChI=1S/C21H22N2O3/c1-14(17-9-5-4-6-10-17)22-21(24)18-11-7-8-12-20(18)25-13-19-15(2)23-26-16(19)3/h4-12,14H,13H2,1-3H3,(H,22,24). The van der Waals surface area contributed by atoms with Crippen molar-refractivity contribution in [2.45, 2.75) is 33.4 Å². The average molecular weight is 350 g/mol. The van der Waals surface area contributed by atoms with Crippen molar-refractivity contribution in [1.29, 1.82) is 0 Å². The molecule has 0 bridgehead atoms. The Morgan fingerprint density at radius 3 is 2.50 bits per heavy atom. The van der Waals surface area contributed by atoms with E-state index < -0.39 is 0 Å². The van der Waals surface area contributed by atoms with Gasteiger partial charge in [-0.25, -0.2) is 0 Å². The number of nitrogens with one attached hydrogen (secondary N) is 1. The second-order valence-corrected chi connectivity index (χ2v) is 6.19. The van der Waals surface area contributed by atoms with Crippen molar-refractivity contribution in [3.05, 3.63) is 82.7 Å². The Kier molecular flexibility index (Phi) is 5.37. The maximum Gasteiger partial charge on any atom is 0.255 e. The van der Waals surface area contributed by atoms with Crippen molar-refractivity contribution in [3.63, 3.8) is 0 Å². The molecule has 1 aromatic heterocycles. The number of carbonyl (C=O) groups is 1. The lowest BCUT2D eigenvalue weighted by atomic mass is 10.1. The van der Waals surface area contributed by atoms with E-state index in [2.05, 4.69) is 10.5 Å². The van der Waals surface area contributed by atoms with Crippen LogP contribution in [0.5, 0.6) is 5.75 Å². The molecule has 0 fully saturated rings. The molecule has 1 N–H and O–H groups in total. The summed E-state index contributed by atoms with van der Waals surface area (Å²) < 4.78 is 11.0. The molecule has 0 aliphatic carbocycles. The number of aromatic nitrogens is 1. The maximum atomic E-state index is 12.7. The Hall–Kier alpha value is -3.08. The molecule has 3 aromatic rings. The molecule has 5 nitrogen and oxygen atoms in total. The van der Waals surface area contributed by atoms with Gasteiger partial charge in [0.2, 0.25) is 0 Å². The van der Waals surface area contributed by atoms with E-state index in [4.69, 9.17) is 9.26 Å². The van der Waals surface area contributed by atoms with Crippen LogP contribution >= 0.6 is 0 Å². The molecular formula is C21H22N2O3. The number of para-hydroxylation sites is 1. The number of rotatable bonds is 6. The molecule has 0 aliphatic heterocycles. The Morgan fingerprint density at radius 2 is 1.81 bits per heavy atom. The summed E-state index contributed by atoms with van der Waals surface area (Å²) in [5.74, 6) is 1.09. The van der Waals surface area contributed by atoms with E-state index in [9.17, 15) is 4.79 Å². The summed E-state index contributed by atoms with van der Waals surface area (Å²) in [7, 11) is 0. The third kappa shape index (κ3) is 3.94. The summed E-state index contributed by atoms with van der Waals surface area (Å²) in [6, 6.07) is 17.0. The number of hydrogen-bond acceptors (Lipinski definition) is 4. The molecule has 0 saturated carbocycles. The van der Waals surface area contributed by atoms with Crippen LogP contribution < -0.4 is 10.1 Å². The lowest BCUT2D eigenvalue weighted by Gasteiger charge is -2.16. The fourth-order valence-corrected chi connectivity index (χ4v) is 2.74. The third-order valence-corrected chi connectivity index (χ3v) is 4.33. The number of ether oxygens (including phenoxy) is 1. The SMILES string of the molecule is Cc1noc(C)c1COc1ccccc1C(=O)NC(C)c1ccccc1. The number of benzene rings is 2. The van der Waals surface area contributed by atoms with E-state index in [0.29, 0.717) is 17.9 Å². The lowest BCUT2D eigenvalue weighted by Crippen LogP contribution is -2.27. The maximum absolute atomic E-state index is 12.7. The zero-order valence-electron chi connectivity index (χ0n) is 15.2. The highest BCUT2D eigenvalue weighted by Crippen LogP contribution is 2.22. The lowest BCUT2D eigenvalue weighted by molar-refractivity contribution is 0.0935. The highest BCUT2D eigenvalue weighted by atomic mass is 16.5. The molecule has 1 heterocycles. The summed E-state index contributed by atoms with van der Waals surface area (Å²) in [5, 5.41) is 6.94. The summed E-state index contributed by atoms with van der Waals surface area (Å²) >= 11 is 0. The zero-order chi connectivity index (χ0) is 18.5. The van der Waals surface area contributed by atoms with Gasteiger partial charge in [0.25, 0.3) is 5.91 Å². The topological polar surface area (TPSA) is 64.4 Å². The molecule has 0 spiro atoms. The third-order valence-electron chi connectivity index (χ3n) is 4.33. The second kappa shape index (κ2) is 7.87. The summed E-state index contributed by atoms with van der Waals surface area (Å²) in [6.45, 7) is 5.98. The van der Waals surface area contributed by atoms with Crippen LogP contribution in [0.15, 0.2) is 59.1 Å². The van der Waals surface area contributed by atoms with Crippen LogP contribution in [0.1, 0.15) is 45.9 Å². The van der Waals surface area contributed by atoms with Crippen molar-refractivity contribution >= 4 is 5.91 Å². The van der Waals surface area contributed by atoms with Crippen LogP contribution in [0.2, 0.25) is 0 Å². The molecule has 1 amide bonds. The van der Waals surface area contributed by atoms with E-state index in [1.165, 1.54) is 0 Å². The fourth-order valence-electron chi connectivity index (χ4n) is 2.74. The quantitative estimate of drug-likeness (QED) is 0.717. The molecule has 1 unspecified atom stereocenters. The van der Waals surface area contributed by atoms with Crippen LogP contribution in [0.25, 0.3) is 0 Å². The van der Waals surface area contributed by atoms with Crippen LogP contribution in [0.4, 0.5) is 0 Å². The van der Waals surface area contributed by atoms with Crippen LogP contribution in [-0.4, -0.2) is 11.1 Å².